The van der Waals surface area contributed by atoms with Crippen LogP contribution in [-0.2, 0) is 4.79 Å². The van der Waals surface area contributed by atoms with Crippen LogP contribution < -0.4 is 10.1 Å². The van der Waals surface area contributed by atoms with Gasteiger partial charge in [-0.25, -0.2) is 0 Å². The van der Waals surface area contributed by atoms with Gasteiger partial charge in [-0.15, -0.1) is 0 Å². The van der Waals surface area contributed by atoms with Crippen molar-refractivity contribution >= 4 is 34.1 Å². The van der Waals surface area contributed by atoms with E-state index >= 15 is 0 Å². The Bertz CT molecular complexity index is 962. The number of amides is 1. The van der Waals surface area contributed by atoms with Gasteiger partial charge in [0.05, 0.1) is 11.2 Å². The molecule has 26 heavy (non-hydrogen) atoms. The normalized spacial score (nSPS) is 12.0. The van der Waals surface area contributed by atoms with Crippen LogP contribution in [-0.4, -0.2) is 17.0 Å². The van der Waals surface area contributed by atoms with Crippen molar-refractivity contribution in [3.8, 4) is 5.75 Å². The van der Waals surface area contributed by atoms with Gasteiger partial charge in [-0.1, -0.05) is 17.7 Å². The van der Waals surface area contributed by atoms with Gasteiger partial charge in [-0.2, -0.15) is 0 Å². The molecule has 0 fully saturated rings. The zero-order chi connectivity index (χ0) is 18.8. The van der Waals surface area contributed by atoms with E-state index in [1.807, 2.05) is 57.2 Å². The molecule has 0 saturated carbocycles. The minimum Gasteiger partial charge on any atom is -0.481 e. The highest BCUT2D eigenvalue weighted by molar-refractivity contribution is 6.32. The summed E-state index contributed by atoms with van der Waals surface area (Å²) >= 11 is 6.18. The number of fused-ring (bicyclic) bond motifs is 1. The van der Waals surface area contributed by atoms with Crippen molar-refractivity contribution in [1.29, 1.82) is 0 Å². The predicted octanol–water partition coefficient (Wildman–Crippen LogP) is 5.22. The first-order valence-electron chi connectivity index (χ1n) is 8.45. The molecule has 4 nitrogen and oxygen atoms in total. The Morgan fingerprint density at radius 3 is 2.50 bits per heavy atom. The van der Waals surface area contributed by atoms with Crippen LogP contribution >= 0.6 is 11.6 Å². The van der Waals surface area contributed by atoms with Crippen molar-refractivity contribution < 1.29 is 9.53 Å². The number of hydrogen-bond acceptors (Lipinski definition) is 3. The zero-order valence-corrected chi connectivity index (χ0v) is 16.0. The number of carbonyl (C=O) groups excluding carboxylic acids is 1. The molecule has 0 aliphatic heterocycles. The lowest BCUT2D eigenvalue weighted by atomic mass is 10.1. The van der Waals surface area contributed by atoms with Crippen LogP contribution in [0.5, 0.6) is 5.75 Å². The summed E-state index contributed by atoms with van der Waals surface area (Å²) in [5.74, 6) is 0.409. The molecular weight excluding hydrogens is 348 g/mol. The van der Waals surface area contributed by atoms with Crippen LogP contribution in [0, 0.1) is 20.8 Å². The number of pyridine rings is 1. The van der Waals surface area contributed by atoms with Gasteiger partial charge >= 0.3 is 0 Å². The maximum absolute atomic E-state index is 12.6. The summed E-state index contributed by atoms with van der Waals surface area (Å²) in [6.45, 7) is 7.55. The fraction of sp³-hybridized carbons (Fsp3) is 0.238. The number of halogens is 1. The van der Waals surface area contributed by atoms with Crippen LogP contribution in [0.2, 0.25) is 5.02 Å². The topological polar surface area (TPSA) is 51.2 Å². The smallest absolute Gasteiger partial charge is 0.265 e. The van der Waals surface area contributed by atoms with E-state index in [9.17, 15) is 4.79 Å². The lowest BCUT2D eigenvalue weighted by Gasteiger charge is -2.17. The van der Waals surface area contributed by atoms with Crippen LogP contribution in [0.15, 0.2) is 42.6 Å². The summed E-state index contributed by atoms with van der Waals surface area (Å²) in [6.07, 6.45) is 1.10. The third-order valence-corrected chi connectivity index (χ3v) is 4.92. The van der Waals surface area contributed by atoms with Crippen LogP contribution in [0.4, 0.5) is 5.69 Å². The Hall–Kier alpha value is -2.59. The number of nitrogens with zero attached hydrogens (tertiary/aromatic N) is 1. The Labute approximate surface area is 158 Å². The van der Waals surface area contributed by atoms with E-state index in [-0.39, 0.29) is 5.91 Å². The number of anilines is 1. The first kappa shape index (κ1) is 18.2. The van der Waals surface area contributed by atoms with E-state index in [2.05, 4.69) is 10.3 Å². The maximum Gasteiger partial charge on any atom is 0.265 e. The summed E-state index contributed by atoms with van der Waals surface area (Å²) < 4.78 is 5.81. The summed E-state index contributed by atoms with van der Waals surface area (Å²) in [5, 5.41) is 4.57. The molecule has 5 heteroatoms. The number of hydrogen-bond donors (Lipinski definition) is 1. The predicted molar refractivity (Wildman–Crippen MR) is 106 cm³/mol. The number of ether oxygens (including phenoxy) is 1. The van der Waals surface area contributed by atoms with E-state index in [0.29, 0.717) is 10.8 Å². The van der Waals surface area contributed by atoms with Crippen LogP contribution in [0.3, 0.4) is 0 Å². The fourth-order valence-electron chi connectivity index (χ4n) is 2.89. The van der Waals surface area contributed by atoms with Crippen molar-refractivity contribution in [2.75, 3.05) is 5.32 Å². The summed E-state index contributed by atoms with van der Waals surface area (Å²) in [5.41, 5.74) is 4.51. The highest BCUT2D eigenvalue weighted by atomic mass is 35.5. The van der Waals surface area contributed by atoms with Crippen LogP contribution in [0.25, 0.3) is 10.9 Å². The molecule has 134 valence electrons. The standard InChI is InChI=1S/C21H21ClN2O2/c1-12-7-8-18(17-6-5-9-23-20(12)17)24-21(25)15(4)26-16-10-13(2)19(22)14(3)11-16/h5-11,15H,1-4H3,(H,24,25). The van der Waals surface area contributed by atoms with Crippen molar-refractivity contribution in [3.63, 3.8) is 0 Å². The van der Waals surface area contributed by atoms with Gasteiger partial charge in [0.15, 0.2) is 6.10 Å². The molecule has 1 unspecified atom stereocenters. The van der Waals surface area contributed by atoms with E-state index in [4.69, 9.17) is 16.3 Å². The first-order chi connectivity index (χ1) is 12.4. The van der Waals surface area contributed by atoms with Gasteiger partial charge in [0, 0.05) is 16.6 Å². The van der Waals surface area contributed by atoms with Gasteiger partial charge in [0.1, 0.15) is 5.75 Å². The van der Waals surface area contributed by atoms with E-state index in [1.165, 1.54) is 0 Å². The monoisotopic (exact) mass is 368 g/mol. The number of aryl methyl sites for hydroxylation is 3. The summed E-state index contributed by atoms with van der Waals surface area (Å²) in [4.78, 5) is 17.0. The summed E-state index contributed by atoms with van der Waals surface area (Å²) in [7, 11) is 0. The van der Waals surface area contributed by atoms with Crippen molar-refractivity contribution in [3.05, 3.63) is 64.3 Å². The number of aromatic nitrogens is 1. The average molecular weight is 369 g/mol. The number of rotatable bonds is 4. The van der Waals surface area contributed by atoms with Gasteiger partial charge in [0.2, 0.25) is 0 Å². The Kier molecular flexibility index (Phi) is 5.14. The van der Waals surface area contributed by atoms with Crippen LogP contribution in [0.1, 0.15) is 23.6 Å². The molecular formula is C21H21ClN2O2. The minimum atomic E-state index is -0.650. The first-order valence-corrected chi connectivity index (χ1v) is 8.83. The lowest BCUT2D eigenvalue weighted by Crippen LogP contribution is -2.30. The molecule has 1 aromatic heterocycles. The third kappa shape index (κ3) is 3.65. The molecule has 1 atom stereocenters. The SMILES string of the molecule is Cc1cc(OC(C)C(=O)Nc2ccc(C)c3ncccc23)cc(C)c1Cl. The second kappa shape index (κ2) is 7.34. The largest absolute Gasteiger partial charge is 0.481 e. The van der Waals surface area contributed by atoms with Crippen molar-refractivity contribution in [2.45, 2.75) is 33.8 Å². The Morgan fingerprint density at radius 2 is 1.81 bits per heavy atom. The molecule has 0 bridgehead atoms. The Balaban J connectivity index is 1.79. The quantitative estimate of drug-likeness (QED) is 0.686. The number of benzene rings is 2. The van der Waals surface area contributed by atoms with Gasteiger partial charge < -0.3 is 10.1 Å². The third-order valence-electron chi connectivity index (χ3n) is 4.32. The minimum absolute atomic E-state index is 0.218. The van der Waals surface area contributed by atoms with Gasteiger partial charge in [-0.3, -0.25) is 9.78 Å². The van der Waals surface area contributed by atoms with Crippen molar-refractivity contribution in [1.82, 2.24) is 4.98 Å². The van der Waals surface area contributed by atoms with Crippen molar-refractivity contribution in [2.24, 2.45) is 0 Å². The molecule has 1 heterocycles. The highest BCUT2D eigenvalue weighted by Crippen LogP contribution is 2.27. The fourth-order valence-corrected chi connectivity index (χ4v) is 3.00. The number of carbonyl (C=O) groups is 1. The molecule has 0 spiro atoms. The highest BCUT2D eigenvalue weighted by Gasteiger charge is 2.17. The maximum atomic E-state index is 12.6. The zero-order valence-electron chi connectivity index (χ0n) is 15.3. The summed E-state index contributed by atoms with van der Waals surface area (Å²) in [6, 6.07) is 11.3. The molecule has 3 aromatic rings. The van der Waals surface area contributed by atoms with Gasteiger partial charge in [-0.05, 0) is 74.7 Å². The molecule has 1 amide bonds. The Morgan fingerprint density at radius 1 is 1.12 bits per heavy atom. The molecule has 0 aliphatic rings. The molecule has 0 radical (unpaired) electrons. The van der Waals surface area contributed by atoms with Gasteiger partial charge in [0.25, 0.3) is 5.91 Å². The second-order valence-corrected chi connectivity index (χ2v) is 6.83. The molecule has 3 rings (SSSR count). The lowest BCUT2D eigenvalue weighted by molar-refractivity contribution is -0.122. The van der Waals surface area contributed by atoms with E-state index in [1.54, 1.807) is 13.1 Å². The van der Waals surface area contributed by atoms with E-state index in [0.717, 1.165) is 33.3 Å². The molecule has 0 aliphatic carbocycles. The second-order valence-electron chi connectivity index (χ2n) is 6.45. The molecule has 1 N–H and O–H groups in total. The van der Waals surface area contributed by atoms with E-state index < -0.39 is 6.10 Å². The average Bonchev–Trinajstić information content (AvgIpc) is 2.62. The molecule has 0 saturated heterocycles. The molecule has 2 aromatic carbocycles. The number of nitrogens with one attached hydrogen (secondary N) is 1.